The molecular formula is C35H36P2. The number of hydrogen-bond acceptors (Lipinski definition) is 0. The molecule has 1 unspecified atom stereocenters. The van der Waals surface area contributed by atoms with Crippen LogP contribution in [0, 0.1) is 27.7 Å². The topological polar surface area (TPSA) is 0 Å². The summed E-state index contributed by atoms with van der Waals surface area (Å²) < 4.78 is 0. The van der Waals surface area contributed by atoms with Gasteiger partial charge in [-0.15, -0.1) is 5.73 Å². The summed E-state index contributed by atoms with van der Waals surface area (Å²) in [6.45, 7) is 11.4. The molecule has 2 heteroatoms. The molecule has 0 fully saturated rings. The lowest BCUT2D eigenvalue weighted by Gasteiger charge is -2.34. The van der Waals surface area contributed by atoms with Crippen LogP contribution in [0.25, 0.3) is 0 Å². The van der Waals surface area contributed by atoms with E-state index >= 15 is 0 Å². The van der Waals surface area contributed by atoms with Crippen LogP contribution in [0.2, 0.25) is 0 Å². The van der Waals surface area contributed by atoms with E-state index < -0.39 is 15.8 Å². The Morgan fingerprint density at radius 3 is 1.49 bits per heavy atom. The minimum Gasteiger partial charge on any atom is -0.125 e. The zero-order chi connectivity index (χ0) is 25.9. The molecule has 0 radical (unpaired) electrons. The lowest BCUT2D eigenvalue weighted by Crippen LogP contribution is -2.29. The third-order valence-corrected chi connectivity index (χ3v) is 12.7. The van der Waals surface area contributed by atoms with Gasteiger partial charge in [0.1, 0.15) is 0 Å². The van der Waals surface area contributed by atoms with Crippen LogP contribution in [-0.4, -0.2) is 11.3 Å². The third-order valence-electron chi connectivity index (χ3n) is 7.16. The molecule has 0 amide bonds. The van der Waals surface area contributed by atoms with Crippen molar-refractivity contribution in [3.05, 3.63) is 137 Å². The van der Waals surface area contributed by atoms with Crippen LogP contribution in [0.3, 0.4) is 0 Å². The molecule has 5 rings (SSSR count). The molecule has 2 atom stereocenters. The number of rotatable bonds is 7. The summed E-state index contributed by atoms with van der Waals surface area (Å²) in [4.78, 5) is 0. The van der Waals surface area contributed by atoms with Crippen molar-refractivity contribution in [1.29, 1.82) is 0 Å². The van der Waals surface area contributed by atoms with Crippen LogP contribution < -0.4 is 21.2 Å². The van der Waals surface area contributed by atoms with Gasteiger partial charge in [-0.05, 0) is 82.8 Å². The summed E-state index contributed by atoms with van der Waals surface area (Å²) in [5, 5.41) is 5.87. The fourth-order valence-corrected chi connectivity index (χ4v) is 11.9. The van der Waals surface area contributed by atoms with E-state index in [-0.39, 0.29) is 0 Å². The first kappa shape index (κ1) is 25.9. The van der Waals surface area contributed by atoms with E-state index in [4.69, 9.17) is 0 Å². The summed E-state index contributed by atoms with van der Waals surface area (Å²) in [7, 11) is -1.12. The SMILES string of the molecule is Cc1cc(C)cc(P(c2cc(C)cc(C)c2)[C@H](C)C2=C=CCC2P(c2ccccc2)c2ccccc2)c1. The molecule has 186 valence electrons. The standard InChI is InChI=1S/C35H36P2/c1-25-19-26(2)22-32(21-25)36(33-23-27(3)20-28(4)24-33)29(5)34-17-12-18-35(34)37(30-13-8-6-9-14-30)31-15-10-7-11-16-31/h6-16,19-24,29,35H,18H2,1-5H3/t29-,35?/m1/s1. The van der Waals surface area contributed by atoms with Crippen LogP contribution in [0.4, 0.5) is 0 Å². The number of hydrogen-bond donors (Lipinski definition) is 0. The first-order chi connectivity index (χ1) is 17.9. The van der Waals surface area contributed by atoms with Crippen LogP contribution in [0.5, 0.6) is 0 Å². The van der Waals surface area contributed by atoms with Crippen molar-refractivity contribution in [2.45, 2.75) is 52.4 Å². The summed E-state index contributed by atoms with van der Waals surface area (Å²) >= 11 is 0. The summed E-state index contributed by atoms with van der Waals surface area (Å²) in [6, 6.07) is 36.7. The molecule has 4 aromatic rings. The summed E-state index contributed by atoms with van der Waals surface area (Å²) in [5.41, 5.74) is 11.6. The Balaban J connectivity index is 1.62. The predicted octanol–water partition coefficient (Wildman–Crippen LogP) is 7.73. The second-order valence-electron chi connectivity index (χ2n) is 10.3. The van der Waals surface area contributed by atoms with Gasteiger partial charge in [0.15, 0.2) is 0 Å². The summed E-state index contributed by atoms with van der Waals surface area (Å²) in [6.07, 6.45) is 3.38. The average molecular weight is 519 g/mol. The fourth-order valence-electron chi connectivity index (χ4n) is 5.76. The fraction of sp³-hybridized carbons (Fsp3) is 0.229. The highest BCUT2D eigenvalue weighted by Gasteiger charge is 2.35. The van der Waals surface area contributed by atoms with Gasteiger partial charge in [-0.25, -0.2) is 0 Å². The van der Waals surface area contributed by atoms with Gasteiger partial charge in [-0.2, -0.15) is 0 Å². The molecule has 0 saturated carbocycles. The van der Waals surface area contributed by atoms with Crippen molar-refractivity contribution in [2.75, 3.05) is 0 Å². The molecule has 4 aromatic carbocycles. The second kappa shape index (κ2) is 11.3. The van der Waals surface area contributed by atoms with Gasteiger partial charge >= 0.3 is 0 Å². The molecule has 0 N–H and O–H groups in total. The van der Waals surface area contributed by atoms with E-state index in [0.717, 1.165) is 6.42 Å². The summed E-state index contributed by atoms with van der Waals surface area (Å²) in [5.74, 6) is 0. The lowest BCUT2D eigenvalue weighted by atomic mass is 10.1. The Morgan fingerprint density at radius 2 is 1.05 bits per heavy atom. The molecule has 0 spiro atoms. The molecular weight excluding hydrogens is 482 g/mol. The van der Waals surface area contributed by atoms with Gasteiger partial charge in [0.25, 0.3) is 0 Å². The number of aryl methyl sites for hydroxylation is 4. The smallest absolute Gasteiger partial charge is 0.0204 e. The van der Waals surface area contributed by atoms with E-state index in [0.29, 0.717) is 11.3 Å². The van der Waals surface area contributed by atoms with E-state index in [1.165, 1.54) is 49.0 Å². The van der Waals surface area contributed by atoms with Crippen molar-refractivity contribution < 1.29 is 0 Å². The quantitative estimate of drug-likeness (QED) is 0.174. The highest BCUT2D eigenvalue weighted by molar-refractivity contribution is 7.75. The molecule has 0 aliphatic heterocycles. The van der Waals surface area contributed by atoms with Crippen LogP contribution in [0.1, 0.15) is 35.6 Å². The minimum atomic E-state index is -0.586. The largest absolute Gasteiger partial charge is 0.125 e. The van der Waals surface area contributed by atoms with Gasteiger partial charge in [0.2, 0.25) is 0 Å². The Morgan fingerprint density at radius 1 is 0.622 bits per heavy atom. The molecule has 0 heterocycles. The maximum Gasteiger partial charge on any atom is 0.0204 e. The van der Waals surface area contributed by atoms with Gasteiger partial charge in [-0.3, -0.25) is 0 Å². The average Bonchev–Trinajstić information content (AvgIpc) is 3.34. The highest BCUT2D eigenvalue weighted by atomic mass is 31.1. The Bertz CT molecular complexity index is 1310. The molecule has 1 aliphatic carbocycles. The third kappa shape index (κ3) is 5.74. The van der Waals surface area contributed by atoms with Crippen molar-refractivity contribution in [2.24, 2.45) is 0 Å². The van der Waals surface area contributed by atoms with Gasteiger partial charge in [0, 0.05) is 11.3 Å². The van der Waals surface area contributed by atoms with Crippen molar-refractivity contribution in [3.8, 4) is 0 Å². The van der Waals surface area contributed by atoms with Crippen molar-refractivity contribution in [1.82, 2.24) is 0 Å². The first-order valence-corrected chi connectivity index (χ1v) is 16.0. The van der Waals surface area contributed by atoms with Crippen LogP contribution >= 0.6 is 15.8 Å². The molecule has 0 aromatic heterocycles. The molecule has 0 saturated heterocycles. The zero-order valence-electron chi connectivity index (χ0n) is 22.6. The van der Waals surface area contributed by atoms with E-state index in [9.17, 15) is 0 Å². The Labute approximate surface area is 225 Å². The number of benzene rings is 4. The maximum atomic E-state index is 3.83. The molecule has 1 aliphatic rings. The van der Waals surface area contributed by atoms with Crippen molar-refractivity contribution in [3.63, 3.8) is 0 Å². The predicted molar refractivity (Wildman–Crippen MR) is 167 cm³/mol. The molecule has 0 nitrogen and oxygen atoms in total. The van der Waals surface area contributed by atoms with Gasteiger partial charge in [0.05, 0.1) is 0 Å². The van der Waals surface area contributed by atoms with Gasteiger partial charge in [-0.1, -0.05) is 126 Å². The van der Waals surface area contributed by atoms with Crippen LogP contribution in [-0.2, 0) is 0 Å². The monoisotopic (exact) mass is 518 g/mol. The van der Waals surface area contributed by atoms with E-state index in [1.807, 2.05) is 0 Å². The molecule has 0 bridgehead atoms. The zero-order valence-corrected chi connectivity index (χ0v) is 24.4. The number of allylic oxidation sites excluding steroid dienone is 1. The van der Waals surface area contributed by atoms with Gasteiger partial charge < -0.3 is 0 Å². The van der Waals surface area contributed by atoms with Crippen LogP contribution in [0.15, 0.2) is 114 Å². The molecule has 37 heavy (non-hydrogen) atoms. The normalized spacial score (nSPS) is 15.9. The minimum absolute atomic E-state index is 0.401. The second-order valence-corrected chi connectivity index (χ2v) is 15.3. The van der Waals surface area contributed by atoms with E-state index in [1.54, 1.807) is 0 Å². The Kier molecular flexibility index (Phi) is 7.93. The van der Waals surface area contributed by atoms with Crippen molar-refractivity contribution >= 4 is 37.1 Å². The first-order valence-electron chi connectivity index (χ1n) is 13.2. The Hall–Kier alpha value is -2.74. The highest BCUT2D eigenvalue weighted by Crippen LogP contribution is 2.53. The lowest BCUT2D eigenvalue weighted by molar-refractivity contribution is 0.961. The van der Waals surface area contributed by atoms with E-state index in [2.05, 4.69) is 143 Å². The maximum absolute atomic E-state index is 3.83.